The van der Waals surface area contributed by atoms with Crippen LogP contribution in [0.4, 0.5) is 5.13 Å². The van der Waals surface area contributed by atoms with Gasteiger partial charge in [-0.1, -0.05) is 13.8 Å². The van der Waals surface area contributed by atoms with E-state index in [9.17, 15) is 4.79 Å². The molecule has 5 nitrogen and oxygen atoms in total. The molecule has 1 amide bonds. The SMILES string of the molecule is CCN(CC)C1CCN(C(=O)c2csc(N)n2)CC1. The molecule has 0 unspecified atom stereocenters. The minimum Gasteiger partial charge on any atom is -0.375 e. The zero-order valence-electron chi connectivity index (χ0n) is 11.6. The van der Waals surface area contributed by atoms with Crippen LogP contribution in [-0.2, 0) is 0 Å². The molecule has 0 radical (unpaired) electrons. The van der Waals surface area contributed by atoms with Crippen molar-refractivity contribution in [2.24, 2.45) is 0 Å². The molecule has 1 saturated heterocycles. The molecule has 2 heterocycles. The fourth-order valence-electron chi connectivity index (χ4n) is 2.72. The van der Waals surface area contributed by atoms with Crippen LogP contribution in [0.1, 0.15) is 37.2 Å². The fraction of sp³-hybridized carbons (Fsp3) is 0.692. The quantitative estimate of drug-likeness (QED) is 0.912. The summed E-state index contributed by atoms with van der Waals surface area (Å²) in [6.45, 7) is 8.18. The highest BCUT2D eigenvalue weighted by Gasteiger charge is 2.27. The maximum atomic E-state index is 12.2. The number of likely N-dealkylation sites (tertiary alicyclic amines) is 1. The van der Waals surface area contributed by atoms with E-state index in [-0.39, 0.29) is 5.91 Å². The summed E-state index contributed by atoms with van der Waals surface area (Å²) >= 11 is 1.32. The van der Waals surface area contributed by atoms with Gasteiger partial charge in [-0.2, -0.15) is 0 Å². The van der Waals surface area contributed by atoms with E-state index in [4.69, 9.17) is 5.73 Å². The number of carbonyl (C=O) groups excluding carboxylic acids is 1. The second kappa shape index (κ2) is 6.34. The molecule has 0 aliphatic carbocycles. The van der Waals surface area contributed by atoms with Crippen molar-refractivity contribution in [3.05, 3.63) is 11.1 Å². The van der Waals surface area contributed by atoms with E-state index in [1.807, 2.05) is 4.90 Å². The molecule has 19 heavy (non-hydrogen) atoms. The number of anilines is 1. The molecule has 0 spiro atoms. The zero-order chi connectivity index (χ0) is 13.8. The first-order valence-electron chi connectivity index (χ1n) is 6.90. The third kappa shape index (κ3) is 3.25. The summed E-state index contributed by atoms with van der Waals surface area (Å²) in [6, 6.07) is 0.611. The standard InChI is InChI=1S/C13H22N4OS/c1-3-16(4-2)10-5-7-17(8-6-10)12(18)11-9-19-13(14)15-11/h9-10H,3-8H2,1-2H3,(H2,14,15). The van der Waals surface area contributed by atoms with Crippen LogP contribution >= 0.6 is 11.3 Å². The average molecular weight is 282 g/mol. The summed E-state index contributed by atoms with van der Waals surface area (Å²) in [5.41, 5.74) is 6.06. The van der Waals surface area contributed by atoms with Crippen molar-refractivity contribution in [3.8, 4) is 0 Å². The summed E-state index contributed by atoms with van der Waals surface area (Å²) in [4.78, 5) is 20.7. The van der Waals surface area contributed by atoms with Crippen LogP contribution in [0, 0.1) is 0 Å². The number of carbonyl (C=O) groups is 1. The Morgan fingerprint density at radius 2 is 2.11 bits per heavy atom. The second-order valence-corrected chi connectivity index (χ2v) is 5.71. The number of rotatable bonds is 4. The Morgan fingerprint density at radius 1 is 1.47 bits per heavy atom. The van der Waals surface area contributed by atoms with Crippen molar-refractivity contribution >= 4 is 22.4 Å². The van der Waals surface area contributed by atoms with Crippen molar-refractivity contribution in [2.75, 3.05) is 31.9 Å². The number of nitrogens with zero attached hydrogens (tertiary/aromatic N) is 3. The van der Waals surface area contributed by atoms with E-state index >= 15 is 0 Å². The van der Waals surface area contributed by atoms with Crippen molar-refractivity contribution in [1.82, 2.24) is 14.8 Å². The number of hydrogen-bond donors (Lipinski definition) is 1. The van der Waals surface area contributed by atoms with Gasteiger partial charge in [-0.15, -0.1) is 11.3 Å². The van der Waals surface area contributed by atoms with Crippen molar-refractivity contribution in [3.63, 3.8) is 0 Å². The van der Waals surface area contributed by atoms with Gasteiger partial charge in [-0.25, -0.2) is 4.98 Å². The second-order valence-electron chi connectivity index (χ2n) is 4.82. The van der Waals surface area contributed by atoms with Gasteiger partial charge in [-0.05, 0) is 25.9 Å². The predicted octanol–water partition coefficient (Wildman–Crippen LogP) is 1.67. The Balaban J connectivity index is 1.91. The van der Waals surface area contributed by atoms with Gasteiger partial charge in [0.25, 0.3) is 5.91 Å². The van der Waals surface area contributed by atoms with Gasteiger partial charge in [0.05, 0.1) is 0 Å². The van der Waals surface area contributed by atoms with Gasteiger partial charge in [0.15, 0.2) is 5.13 Å². The number of nitrogens with two attached hydrogens (primary N) is 1. The smallest absolute Gasteiger partial charge is 0.273 e. The fourth-order valence-corrected chi connectivity index (χ4v) is 3.26. The van der Waals surface area contributed by atoms with E-state index in [2.05, 4.69) is 23.7 Å². The summed E-state index contributed by atoms with van der Waals surface area (Å²) in [5.74, 6) is 0.0194. The molecule has 0 aromatic carbocycles. The van der Waals surface area contributed by atoms with Crippen molar-refractivity contribution in [1.29, 1.82) is 0 Å². The molecule has 0 atom stereocenters. The largest absolute Gasteiger partial charge is 0.375 e. The maximum absolute atomic E-state index is 12.2. The lowest BCUT2D eigenvalue weighted by Crippen LogP contribution is -2.46. The predicted molar refractivity (Wildman–Crippen MR) is 78.4 cm³/mol. The lowest BCUT2D eigenvalue weighted by Gasteiger charge is -2.37. The van der Waals surface area contributed by atoms with Gasteiger partial charge in [0.2, 0.25) is 0 Å². The molecule has 1 aromatic rings. The topological polar surface area (TPSA) is 62.5 Å². The number of hydrogen-bond acceptors (Lipinski definition) is 5. The summed E-state index contributed by atoms with van der Waals surface area (Å²) in [6.07, 6.45) is 2.10. The summed E-state index contributed by atoms with van der Waals surface area (Å²) in [5, 5.41) is 2.20. The van der Waals surface area contributed by atoms with E-state index in [0.717, 1.165) is 39.0 Å². The van der Waals surface area contributed by atoms with Crippen LogP contribution in [-0.4, -0.2) is 52.9 Å². The third-order valence-corrected chi connectivity index (χ3v) is 4.50. The Bertz CT molecular complexity index is 422. The molecule has 1 aromatic heterocycles. The highest BCUT2D eigenvalue weighted by Crippen LogP contribution is 2.19. The van der Waals surface area contributed by atoms with Crippen LogP contribution in [0.25, 0.3) is 0 Å². The minimum absolute atomic E-state index is 0.0194. The van der Waals surface area contributed by atoms with Gasteiger partial charge in [0, 0.05) is 24.5 Å². The Kier molecular flexibility index (Phi) is 4.76. The molecule has 6 heteroatoms. The molecule has 2 rings (SSSR count). The summed E-state index contributed by atoms with van der Waals surface area (Å²) < 4.78 is 0. The van der Waals surface area contributed by atoms with E-state index < -0.39 is 0 Å². The monoisotopic (exact) mass is 282 g/mol. The average Bonchev–Trinajstić information content (AvgIpc) is 2.87. The molecule has 0 saturated carbocycles. The Morgan fingerprint density at radius 3 is 2.58 bits per heavy atom. The Hall–Kier alpha value is -1.14. The zero-order valence-corrected chi connectivity index (χ0v) is 12.4. The number of piperidine rings is 1. The van der Waals surface area contributed by atoms with Gasteiger partial charge >= 0.3 is 0 Å². The highest BCUT2D eigenvalue weighted by molar-refractivity contribution is 7.13. The van der Waals surface area contributed by atoms with Gasteiger partial charge < -0.3 is 15.5 Å². The summed E-state index contributed by atoms with van der Waals surface area (Å²) in [7, 11) is 0. The molecular weight excluding hydrogens is 260 g/mol. The first-order valence-corrected chi connectivity index (χ1v) is 7.78. The van der Waals surface area contributed by atoms with Crippen molar-refractivity contribution < 1.29 is 4.79 Å². The normalized spacial score (nSPS) is 17.1. The highest BCUT2D eigenvalue weighted by atomic mass is 32.1. The van der Waals surface area contributed by atoms with E-state index in [1.165, 1.54) is 11.3 Å². The maximum Gasteiger partial charge on any atom is 0.273 e. The van der Waals surface area contributed by atoms with Gasteiger partial charge in [-0.3, -0.25) is 4.79 Å². The number of thiazole rings is 1. The van der Waals surface area contributed by atoms with Crippen LogP contribution in [0.15, 0.2) is 5.38 Å². The van der Waals surface area contributed by atoms with Crippen LogP contribution in [0.2, 0.25) is 0 Å². The first-order chi connectivity index (χ1) is 9.15. The molecule has 0 bridgehead atoms. The number of aromatic nitrogens is 1. The minimum atomic E-state index is 0.0194. The molecule has 2 N–H and O–H groups in total. The first kappa shape index (κ1) is 14.3. The van der Waals surface area contributed by atoms with Crippen LogP contribution in [0.3, 0.4) is 0 Å². The molecule has 106 valence electrons. The molecular formula is C13H22N4OS. The molecule has 1 aliphatic rings. The lowest BCUT2D eigenvalue weighted by atomic mass is 10.0. The molecule has 1 fully saturated rings. The lowest BCUT2D eigenvalue weighted by molar-refractivity contribution is 0.0626. The molecule has 1 aliphatic heterocycles. The number of nitrogen functional groups attached to an aromatic ring is 1. The van der Waals surface area contributed by atoms with Crippen molar-refractivity contribution in [2.45, 2.75) is 32.7 Å². The van der Waals surface area contributed by atoms with Crippen LogP contribution in [0.5, 0.6) is 0 Å². The van der Waals surface area contributed by atoms with Crippen LogP contribution < -0.4 is 5.73 Å². The third-order valence-electron chi connectivity index (χ3n) is 3.82. The Labute approximate surface area is 118 Å². The van der Waals surface area contributed by atoms with E-state index in [1.54, 1.807) is 5.38 Å². The van der Waals surface area contributed by atoms with Gasteiger partial charge in [0.1, 0.15) is 5.69 Å². The number of amides is 1. The van der Waals surface area contributed by atoms with E-state index in [0.29, 0.717) is 16.9 Å².